The zero-order valence-electron chi connectivity index (χ0n) is 12.9. The highest BCUT2D eigenvalue weighted by atomic mass is 35.5. The summed E-state index contributed by atoms with van der Waals surface area (Å²) in [5, 5.41) is 5.28. The summed E-state index contributed by atoms with van der Waals surface area (Å²) in [6.07, 6.45) is -3.99. The minimum Gasteiger partial charge on any atom is -0.352 e. The van der Waals surface area contributed by atoms with Crippen molar-refractivity contribution in [1.82, 2.24) is 9.97 Å². The SMILES string of the molecule is CC[C@H](C)Nc1nc(Nc2c(F)cccc2Cl)cc(C(F)(F)F)n1. The molecule has 0 aliphatic carbocycles. The maximum absolute atomic E-state index is 13.8. The van der Waals surface area contributed by atoms with E-state index in [1.807, 2.05) is 6.92 Å². The smallest absolute Gasteiger partial charge is 0.352 e. The Morgan fingerprint density at radius 2 is 1.96 bits per heavy atom. The number of para-hydroxylation sites is 1. The molecule has 0 saturated carbocycles. The Morgan fingerprint density at radius 3 is 2.54 bits per heavy atom. The van der Waals surface area contributed by atoms with Crippen molar-refractivity contribution in [3.63, 3.8) is 0 Å². The van der Waals surface area contributed by atoms with Gasteiger partial charge in [0.1, 0.15) is 11.6 Å². The van der Waals surface area contributed by atoms with E-state index >= 15 is 0 Å². The van der Waals surface area contributed by atoms with E-state index in [1.54, 1.807) is 6.92 Å². The molecule has 2 rings (SSSR count). The summed E-state index contributed by atoms with van der Waals surface area (Å²) in [5.74, 6) is -1.12. The fraction of sp³-hybridized carbons (Fsp3) is 0.333. The topological polar surface area (TPSA) is 49.8 Å². The van der Waals surface area contributed by atoms with E-state index in [-0.39, 0.29) is 28.5 Å². The van der Waals surface area contributed by atoms with Gasteiger partial charge in [-0.15, -0.1) is 0 Å². The number of rotatable bonds is 5. The second-order valence-corrected chi connectivity index (χ2v) is 5.54. The van der Waals surface area contributed by atoms with Gasteiger partial charge in [-0.05, 0) is 25.5 Å². The molecule has 1 aromatic carbocycles. The summed E-state index contributed by atoms with van der Waals surface area (Å²) in [4.78, 5) is 7.42. The number of hydrogen-bond acceptors (Lipinski definition) is 4. The largest absolute Gasteiger partial charge is 0.433 e. The van der Waals surface area contributed by atoms with Crippen LogP contribution in [0, 0.1) is 5.82 Å². The molecule has 2 aromatic rings. The molecule has 1 heterocycles. The number of nitrogens with one attached hydrogen (secondary N) is 2. The Labute approximate surface area is 141 Å². The third kappa shape index (κ3) is 4.47. The maximum Gasteiger partial charge on any atom is 0.433 e. The van der Waals surface area contributed by atoms with E-state index in [2.05, 4.69) is 20.6 Å². The number of alkyl halides is 3. The monoisotopic (exact) mass is 362 g/mol. The van der Waals surface area contributed by atoms with Gasteiger partial charge in [0.25, 0.3) is 0 Å². The summed E-state index contributed by atoms with van der Waals surface area (Å²) < 4.78 is 52.9. The third-order valence-electron chi connectivity index (χ3n) is 3.22. The number of aromatic nitrogens is 2. The average molecular weight is 363 g/mol. The Kier molecular flexibility index (Phi) is 5.48. The molecule has 24 heavy (non-hydrogen) atoms. The van der Waals surface area contributed by atoms with Crippen LogP contribution in [-0.4, -0.2) is 16.0 Å². The number of anilines is 3. The van der Waals surface area contributed by atoms with Gasteiger partial charge in [-0.1, -0.05) is 24.6 Å². The first-order valence-electron chi connectivity index (χ1n) is 7.14. The van der Waals surface area contributed by atoms with E-state index in [9.17, 15) is 17.6 Å². The minimum absolute atomic E-state index is 0.0265. The van der Waals surface area contributed by atoms with Crippen LogP contribution < -0.4 is 10.6 Å². The Bertz CT molecular complexity index is 701. The van der Waals surface area contributed by atoms with Crippen LogP contribution >= 0.6 is 11.6 Å². The molecule has 130 valence electrons. The molecule has 2 N–H and O–H groups in total. The van der Waals surface area contributed by atoms with Crippen molar-refractivity contribution in [1.29, 1.82) is 0 Å². The molecule has 9 heteroatoms. The van der Waals surface area contributed by atoms with Gasteiger partial charge < -0.3 is 10.6 Å². The Hall–Kier alpha value is -2.09. The fourth-order valence-electron chi connectivity index (χ4n) is 1.79. The average Bonchev–Trinajstić information content (AvgIpc) is 2.50. The minimum atomic E-state index is -4.66. The van der Waals surface area contributed by atoms with Crippen molar-refractivity contribution in [3.8, 4) is 0 Å². The molecule has 1 aromatic heterocycles. The van der Waals surface area contributed by atoms with Crippen LogP contribution in [-0.2, 0) is 6.18 Å². The lowest BCUT2D eigenvalue weighted by Crippen LogP contribution is -2.19. The molecule has 0 aliphatic rings. The van der Waals surface area contributed by atoms with E-state index in [4.69, 9.17) is 11.6 Å². The van der Waals surface area contributed by atoms with E-state index in [1.165, 1.54) is 12.1 Å². The van der Waals surface area contributed by atoms with Gasteiger partial charge in [-0.25, -0.2) is 9.37 Å². The van der Waals surface area contributed by atoms with Crippen molar-refractivity contribution in [2.45, 2.75) is 32.5 Å². The van der Waals surface area contributed by atoms with Crippen LogP contribution in [0.3, 0.4) is 0 Å². The molecule has 0 bridgehead atoms. The predicted molar refractivity (Wildman–Crippen MR) is 85.1 cm³/mol. The normalized spacial score (nSPS) is 12.8. The molecular weight excluding hydrogens is 348 g/mol. The van der Waals surface area contributed by atoms with Crippen LogP contribution in [0.15, 0.2) is 24.3 Å². The lowest BCUT2D eigenvalue weighted by Gasteiger charge is -2.16. The highest BCUT2D eigenvalue weighted by molar-refractivity contribution is 6.33. The molecular formula is C15H15ClF4N4. The standard InChI is InChI=1S/C15H15ClF4N4/c1-3-8(2)21-14-22-11(15(18,19)20)7-12(24-14)23-13-9(16)5-4-6-10(13)17/h4-8H,3H2,1-2H3,(H2,21,22,23,24)/t8-/m0/s1. The molecule has 0 aliphatic heterocycles. The quantitative estimate of drug-likeness (QED) is 0.714. The second kappa shape index (κ2) is 7.21. The van der Waals surface area contributed by atoms with Crippen LogP contribution in [0.2, 0.25) is 5.02 Å². The third-order valence-corrected chi connectivity index (χ3v) is 3.54. The van der Waals surface area contributed by atoms with Gasteiger partial charge >= 0.3 is 6.18 Å². The first kappa shape index (κ1) is 18.3. The van der Waals surface area contributed by atoms with E-state index in [0.717, 1.165) is 6.07 Å². The predicted octanol–water partition coefficient (Wildman–Crippen LogP) is 5.24. The molecule has 0 radical (unpaired) electrons. The lowest BCUT2D eigenvalue weighted by atomic mass is 10.2. The molecule has 0 amide bonds. The maximum atomic E-state index is 13.8. The summed E-state index contributed by atoms with van der Waals surface area (Å²) in [5.41, 5.74) is -1.29. The van der Waals surface area contributed by atoms with E-state index in [0.29, 0.717) is 12.5 Å². The van der Waals surface area contributed by atoms with Crippen LogP contribution in [0.25, 0.3) is 0 Å². The van der Waals surface area contributed by atoms with Crippen molar-refractivity contribution < 1.29 is 17.6 Å². The van der Waals surface area contributed by atoms with Crippen molar-refractivity contribution in [2.75, 3.05) is 10.6 Å². The summed E-state index contributed by atoms with van der Waals surface area (Å²) in [6, 6.07) is 4.51. The van der Waals surface area contributed by atoms with Gasteiger partial charge in [-0.2, -0.15) is 18.2 Å². The van der Waals surface area contributed by atoms with Crippen LogP contribution in [0.5, 0.6) is 0 Å². The number of benzene rings is 1. The highest BCUT2D eigenvalue weighted by Gasteiger charge is 2.34. The summed E-state index contributed by atoms with van der Waals surface area (Å²) >= 11 is 5.87. The van der Waals surface area contributed by atoms with Crippen LogP contribution in [0.1, 0.15) is 26.0 Å². The first-order chi connectivity index (χ1) is 11.2. The van der Waals surface area contributed by atoms with Gasteiger partial charge in [0.05, 0.1) is 10.7 Å². The van der Waals surface area contributed by atoms with Gasteiger partial charge in [-0.3, -0.25) is 0 Å². The highest BCUT2D eigenvalue weighted by Crippen LogP contribution is 2.32. The van der Waals surface area contributed by atoms with Crippen molar-refractivity contribution in [2.24, 2.45) is 0 Å². The number of halogens is 5. The number of nitrogens with zero attached hydrogens (tertiary/aromatic N) is 2. The van der Waals surface area contributed by atoms with Crippen LogP contribution in [0.4, 0.5) is 35.0 Å². The van der Waals surface area contributed by atoms with E-state index < -0.39 is 17.7 Å². The lowest BCUT2D eigenvalue weighted by molar-refractivity contribution is -0.141. The van der Waals surface area contributed by atoms with Gasteiger partial charge in [0, 0.05) is 12.1 Å². The second-order valence-electron chi connectivity index (χ2n) is 5.14. The zero-order chi connectivity index (χ0) is 17.9. The first-order valence-corrected chi connectivity index (χ1v) is 7.52. The fourth-order valence-corrected chi connectivity index (χ4v) is 2.00. The van der Waals surface area contributed by atoms with Crippen molar-refractivity contribution in [3.05, 3.63) is 40.8 Å². The molecule has 0 spiro atoms. The van der Waals surface area contributed by atoms with Crippen molar-refractivity contribution >= 4 is 29.1 Å². The molecule has 0 unspecified atom stereocenters. The summed E-state index contributed by atoms with van der Waals surface area (Å²) in [6.45, 7) is 3.65. The molecule has 0 fully saturated rings. The van der Waals surface area contributed by atoms with Gasteiger partial charge in [0.2, 0.25) is 5.95 Å². The zero-order valence-corrected chi connectivity index (χ0v) is 13.6. The Balaban J connectivity index is 2.43. The number of hydrogen-bond donors (Lipinski definition) is 2. The Morgan fingerprint density at radius 1 is 1.25 bits per heavy atom. The van der Waals surface area contributed by atoms with Gasteiger partial charge in [0.15, 0.2) is 5.69 Å². The molecule has 1 atom stereocenters. The summed E-state index contributed by atoms with van der Waals surface area (Å²) in [7, 11) is 0. The molecule has 0 saturated heterocycles. The molecule has 4 nitrogen and oxygen atoms in total.